The van der Waals surface area contributed by atoms with Crippen molar-refractivity contribution in [3.8, 4) is 0 Å². The second kappa shape index (κ2) is 7.30. The molecular weight excluding hydrogens is 322 g/mol. The molecule has 25 heavy (non-hydrogen) atoms. The maximum atomic E-state index is 13.6. The van der Waals surface area contributed by atoms with Crippen molar-refractivity contribution >= 4 is 11.6 Å². The summed E-state index contributed by atoms with van der Waals surface area (Å²) in [5, 5.41) is 2.70. The minimum Gasteiger partial charge on any atom is -0.346 e. The van der Waals surface area contributed by atoms with E-state index in [0.29, 0.717) is 16.8 Å². The predicted octanol–water partition coefficient (Wildman–Crippen LogP) is 4.69. The van der Waals surface area contributed by atoms with Crippen LogP contribution in [-0.2, 0) is 4.79 Å². The van der Waals surface area contributed by atoms with Gasteiger partial charge in [-0.2, -0.15) is 0 Å². The molecule has 0 unspecified atom stereocenters. The van der Waals surface area contributed by atoms with Crippen LogP contribution in [0.1, 0.15) is 23.6 Å². The van der Waals surface area contributed by atoms with Crippen molar-refractivity contribution in [3.05, 3.63) is 89.8 Å². The van der Waals surface area contributed by atoms with Gasteiger partial charge in [0.2, 0.25) is 5.91 Å². The maximum absolute atomic E-state index is 13.6. The molecule has 2 aromatic carbocycles. The molecule has 0 saturated carbocycles. The Morgan fingerprint density at radius 2 is 1.84 bits per heavy atom. The van der Waals surface area contributed by atoms with Crippen LogP contribution in [-0.4, -0.2) is 10.5 Å². The number of benzene rings is 2. The largest absolute Gasteiger partial charge is 0.346 e. The van der Waals surface area contributed by atoms with Crippen LogP contribution in [0.3, 0.4) is 0 Å². The Labute approximate surface area is 144 Å². The predicted molar refractivity (Wildman–Crippen MR) is 93.4 cm³/mol. The van der Waals surface area contributed by atoms with E-state index >= 15 is 0 Å². The second-order valence-electron chi connectivity index (χ2n) is 5.92. The number of hydrogen-bond acceptors (Lipinski definition) is 1. The number of hydrogen-bond donors (Lipinski definition) is 1. The number of anilines is 1. The molecule has 0 spiro atoms. The summed E-state index contributed by atoms with van der Waals surface area (Å²) in [5.74, 6) is -0.994. The number of carbonyl (C=O) groups excluding carboxylic acids is 1. The molecular formula is C20H18F2N2O. The van der Waals surface area contributed by atoms with Gasteiger partial charge in [-0.15, -0.1) is 0 Å². The molecule has 5 heteroatoms. The highest BCUT2D eigenvalue weighted by Crippen LogP contribution is 2.24. The molecule has 3 rings (SSSR count). The molecule has 128 valence electrons. The molecule has 0 saturated heterocycles. The van der Waals surface area contributed by atoms with Crippen molar-refractivity contribution in [3.63, 3.8) is 0 Å². The average Bonchev–Trinajstić information content (AvgIpc) is 3.10. The summed E-state index contributed by atoms with van der Waals surface area (Å²) in [5.41, 5.74) is 1.61. The van der Waals surface area contributed by atoms with Crippen LogP contribution >= 0.6 is 0 Å². The molecule has 0 radical (unpaired) electrons. The van der Waals surface area contributed by atoms with Gasteiger partial charge in [0.15, 0.2) is 0 Å². The number of halogens is 2. The van der Waals surface area contributed by atoms with Gasteiger partial charge in [-0.25, -0.2) is 8.78 Å². The fourth-order valence-corrected chi connectivity index (χ4v) is 2.72. The monoisotopic (exact) mass is 340 g/mol. The first-order valence-electron chi connectivity index (χ1n) is 7.97. The van der Waals surface area contributed by atoms with E-state index in [9.17, 15) is 13.6 Å². The van der Waals surface area contributed by atoms with Crippen LogP contribution in [0.5, 0.6) is 0 Å². The third kappa shape index (κ3) is 4.12. The van der Waals surface area contributed by atoms with Crippen molar-refractivity contribution in [1.29, 1.82) is 0 Å². The minimum absolute atomic E-state index is 0.105. The molecule has 1 amide bonds. The molecule has 3 nitrogen and oxygen atoms in total. The van der Waals surface area contributed by atoms with Gasteiger partial charge in [-0.05, 0) is 54.4 Å². The summed E-state index contributed by atoms with van der Waals surface area (Å²) in [6, 6.07) is 14.1. The van der Waals surface area contributed by atoms with Crippen LogP contribution in [0, 0.1) is 18.6 Å². The fourth-order valence-electron chi connectivity index (χ4n) is 2.72. The summed E-state index contributed by atoms with van der Waals surface area (Å²) in [4.78, 5) is 12.4. The highest BCUT2D eigenvalue weighted by molar-refractivity contribution is 5.91. The van der Waals surface area contributed by atoms with Gasteiger partial charge in [-0.3, -0.25) is 4.79 Å². The molecule has 0 bridgehead atoms. The summed E-state index contributed by atoms with van der Waals surface area (Å²) >= 11 is 0. The Kier molecular flexibility index (Phi) is 4.93. The lowest BCUT2D eigenvalue weighted by Crippen LogP contribution is -2.19. The standard InChI is InChI=1S/C20H18F2N2O/c1-14-7-8-17(12-18(14)22)23-20(25)13-19(24-9-2-3-10-24)15-5-4-6-16(21)11-15/h2-12,19H,13H2,1H3,(H,23,25)/t19-/m0/s1. The molecule has 0 aliphatic heterocycles. The molecule has 1 aromatic heterocycles. The number of nitrogens with zero attached hydrogens (tertiary/aromatic N) is 1. The number of amides is 1. The van der Waals surface area contributed by atoms with Crippen molar-refractivity contribution in [2.75, 3.05) is 5.32 Å². The van der Waals surface area contributed by atoms with Gasteiger partial charge >= 0.3 is 0 Å². The van der Waals surface area contributed by atoms with Crippen LogP contribution in [0.2, 0.25) is 0 Å². The molecule has 1 atom stereocenters. The molecule has 1 heterocycles. The first-order valence-corrected chi connectivity index (χ1v) is 7.97. The zero-order valence-electron chi connectivity index (χ0n) is 13.7. The Balaban J connectivity index is 1.80. The Hall–Kier alpha value is -2.95. The average molecular weight is 340 g/mol. The number of aromatic nitrogens is 1. The first kappa shape index (κ1) is 16.9. The lowest BCUT2D eigenvalue weighted by atomic mass is 10.0. The molecule has 3 aromatic rings. The quantitative estimate of drug-likeness (QED) is 0.718. The highest BCUT2D eigenvalue weighted by atomic mass is 19.1. The fraction of sp³-hybridized carbons (Fsp3) is 0.150. The number of rotatable bonds is 5. The van der Waals surface area contributed by atoms with Gasteiger partial charge in [0.05, 0.1) is 12.5 Å². The van der Waals surface area contributed by atoms with Crippen LogP contribution in [0.15, 0.2) is 67.0 Å². The van der Waals surface area contributed by atoms with Gasteiger partial charge in [0, 0.05) is 18.1 Å². The van der Waals surface area contributed by atoms with Crippen molar-refractivity contribution in [1.82, 2.24) is 4.57 Å². The SMILES string of the molecule is Cc1ccc(NC(=O)C[C@@H](c2cccc(F)c2)n2cccc2)cc1F. The first-order chi connectivity index (χ1) is 12.0. The second-order valence-corrected chi connectivity index (χ2v) is 5.92. The molecule has 0 aliphatic rings. The Bertz CT molecular complexity index is 875. The van der Waals surface area contributed by atoms with Crippen molar-refractivity contribution in [2.45, 2.75) is 19.4 Å². The van der Waals surface area contributed by atoms with Gasteiger partial charge < -0.3 is 9.88 Å². The zero-order valence-corrected chi connectivity index (χ0v) is 13.7. The van der Waals surface area contributed by atoms with E-state index in [1.807, 2.05) is 29.1 Å². The third-order valence-electron chi connectivity index (χ3n) is 4.06. The van der Waals surface area contributed by atoms with Gasteiger partial charge in [0.1, 0.15) is 11.6 Å². The van der Waals surface area contributed by atoms with Crippen molar-refractivity contribution in [2.24, 2.45) is 0 Å². The zero-order chi connectivity index (χ0) is 17.8. The topological polar surface area (TPSA) is 34.0 Å². The van der Waals surface area contributed by atoms with E-state index in [-0.39, 0.29) is 30.0 Å². The summed E-state index contributed by atoms with van der Waals surface area (Å²) in [6.07, 6.45) is 3.76. The van der Waals surface area contributed by atoms with Gasteiger partial charge in [-0.1, -0.05) is 18.2 Å². The van der Waals surface area contributed by atoms with Crippen molar-refractivity contribution < 1.29 is 13.6 Å². The highest BCUT2D eigenvalue weighted by Gasteiger charge is 2.18. The molecule has 0 fully saturated rings. The Morgan fingerprint density at radius 3 is 2.52 bits per heavy atom. The normalized spacial score (nSPS) is 12.0. The third-order valence-corrected chi connectivity index (χ3v) is 4.06. The van der Waals surface area contributed by atoms with E-state index in [0.717, 1.165) is 0 Å². The van der Waals surface area contributed by atoms with Crippen LogP contribution in [0.25, 0.3) is 0 Å². The lowest BCUT2D eigenvalue weighted by molar-refractivity contribution is -0.116. The molecule has 0 aliphatic carbocycles. The summed E-state index contributed by atoms with van der Waals surface area (Å²) < 4.78 is 29.1. The van der Waals surface area contributed by atoms with E-state index in [1.54, 1.807) is 31.2 Å². The lowest BCUT2D eigenvalue weighted by Gasteiger charge is -2.19. The van der Waals surface area contributed by atoms with Crippen LogP contribution in [0.4, 0.5) is 14.5 Å². The van der Waals surface area contributed by atoms with Gasteiger partial charge in [0.25, 0.3) is 0 Å². The summed E-state index contributed by atoms with van der Waals surface area (Å²) in [6.45, 7) is 1.66. The van der Waals surface area contributed by atoms with E-state index in [4.69, 9.17) is 0 Å². The van der Waals surface area contributed by atoms with E-state index < -0.39 is 0 Å². The maximum Gasteiger partial charge on any atom is 0.226 e. The summed E-state index contributed by atoms with van der Waals surface area (Å²) in [7, 11) is 0. The van der Waals surface area contributed by atoms with E-state index in [2.05, 4.69) is 5.32 Å². The Morgan fingerprint density at radius 1 is 1.08 bits per heavy atom. The number of carbonyl (C=O) groups is 1. The van der Waals surface area contributed by atoms with Crippen LogP contribution < -0.4 is 5.32 Å². The van der Waals surface area contributed by atoms with E-state index in [1.165, 1.54) is 18.2 Å². The molecule has 1 N–H and O–H groups in total. The number of nitrogens with one attached hydrogen (secondary N) is 1. The number of aryl methyl sites for hydroxylation is 1. The smallest absolute Gasteiger partial charge is 0.226 e. The minimum atomic E-state index is -0.370.